The molecule has 1 aliphatic rings. The minimum Gasteiger partial charge on any atom is -0.492 e. The van der Waals surface area contributed by atoms with Crippen LogP contribution in [0, 0.1) is 12.8 Å². The van der Waals surface area contributed by atoms with Crippen LogP contribution in [0.15, 0.2) is 24.3 Å². The first kappa shape index (κ1) is 20.2. The number of hydrogen-bond acceptors (Lipinski definition) is 4. The van der Waals surface area contributed by atoms with Gasteiger partial charge in [0.15, 0.2) is 0 Å². The third-order valence-corrected chi connectivity index (χ3v) is 4.76. The molecule has 2 rings (SSSR count). The molecule has 1 heterocycles. The number of nitrogens with one attached hydrogen (secondary N) is 2. The second-order valence-electron chi connectivity index (χ2n) is 6.86. The second kappa shape index (κ2) is 10.2. The van der Waals surface area contributed by atoms with Crippen molar-refractivity contribution in [3.63, 3.8) is 0 Å². The minimum atomic E-state index is -0.244. The molecular formula is C20H31N3O3. The van der Waals surface area contributed by atoms with Gasteiger partial charge < -0.3 is 15.4 Å². The Balaban J connectivity index is 1.73. The molecular weight excluding hydrogens is 330 g/mol. The van der Waals surface area contributed by atoms with Gasteiger partial charge in [0.1, 0.15) is 12.4 Å². The molecule has 0 saturated carbocycles. The van der Waals surface area contributed by atoms with E-state index >= 15 is 0 Å². The van der Waals surface area contributed by atoms with Crippen molar-refractivity contribution in [1.29, 1.82) is 0 Å². The van der Waals surface area contributed by atoms with E-state index in [4.69, 9.17) is 4.74 Å². The van der Waals surface area contributed by atoms with E-state index in [1.54, 1.807) is 0 Å². The summed E-state index contributed by atoms with van der Waals surface area (Å²) in [6, 6.07) is 7.61. The molecule has 1 fully saturated rings. The molecule has 0 aliphatic carbocycles. The highest BCUT2D eigenvalue weighted by Gasteiger charge is 2.30. The van der Waals surface area contributed by atoms with E-state index in [-0.39, 0.29) is 23.8 Å². The number of ether oxygens (including phenoxy) is 1. The quantitative estimate of drug-likeness (QED) is 0.692. The van der Waals surface area contributed by atoms with Gasteiger partial charge in [0.05, 0.1) is 18.5 Å². The normalized spacial score (nSPS) is 18.8. The summed E-state index contributed by atoms with van der Waals surface area (Å²) in [6.07, 6.45) is 1.83. The molecule has 2 N–H and O–H groups in total. The van der Waals surface area contributed by atoms with E-state index in [0.29, 0.717) is 26.2 Å². The molecule has 1 aliphatic heterocycles. The lowest BCUT2D eigenvalue weighted by Gasteiger charge is -2.35. The predicted octanol–water partition coefficient (Wildman–Crippen LogP) is 1.73. The SMILES string of the molecule is CCNC(=O)C1CCCN(C(C)C(=O)NCCOc2cccc(C)c2)C1. The Morgan fingerprint density at radius 3 is 2.88 bits per heavy atom. The van der Waals surface area contributed by atoms with Crippen molar-refractivity contribution in [3.05, 3.63) is 29.8 Å². The van der Waals surface area contributed by atoms with E-state index in [1.807, 2.05) is 45.0 Å². The van der Waals surface area contributed by atoms with Crippen LogP contribution in [0.25, 0.3) is 0 Å². The fraction of sp³-hybridized carbons (Fsp3) is 0.600. The van der Waals surface area contributed by atoms with Crippen LogP contribution in [0.5, 0.6) is 5.75 Å². The van der Waals surface area contributed by atoms with E-state index in [1.165, 1.54) is 0 Å². The van der Waals surface area contributed by atoms with Crippen molar-refractivity contribution in [3.8, 4) is 5.75 Å². The van der Waals surface area contributed by atoms with Gasteiger partial charge in [0.25, 0.3) is 0 Å². The molecule has 2 unspecified atom stereocenters. The highest BCUT2D eigenvalue weighted by atomic mass is 16.5. The fourth-order valence-corrected chi connectivity index (χ4v) is 3.25. The van der Waals surface area contributed by atoms with Crippen LogP contribution >= 0.6 is 0 Å². The number of carbonyl (C=O) groups is 2. The average Bonchev–Trinajstić information content (AvgIpc) is 2.65. The number of carbonyl (C=O) groups excluding carboxylic acids is 2. The lowest BCUT2D eigenvalue weighted by molar-refractivity contribution is -0.131. The number of rotatable bonds is 8. The maximum absolute atomic E-state index is 12.4. The largest absolute Gasteiger partial charge is 0.492 e. The lowest BCUT2D eigenvalue weighted by Crippen LogP contribution is -2.51. The third kappa shape index (κ3) is 6.02. The molecule has 6 heteroatoms. The number of likely N-dealkylation sites (tertiary alicyclic amines) is 1. The second-order valence-corrected chi connectivity index (χ2v) is 6.86. The molecule has 0 radical (unpaired) electrons. The average molecular weight is 361 g/mol. The Bertz CT molecular complexity index is 606. The molecule has 0 spiro atoms. The fourth-order valence-electron chi connectivity index (χ4n) is 3.25. The van der Waals surface area contributed by atoms with Gasteiger partial charge in [-0.3, -0.25) is 14.5 Å². The zero-order valence-electron chi connectivity index (χ0n) is 16.1. The molecule has 26 heavy (non-hydrogen) atoms. The van der Waals surface area contributed by atoms with Crippen LogP contribution < -0.4 is 15.4 Å². The first-order chi connectivity index (χ1) is 12.5. The summed E-state index contributed by atoms with van der Waals surface area (Å²) >= 11 is 0. The standard InChI is InChI=1S/C20H31N3O3/c1-4-21-20(25)17-8-6-11-23(14-17)16(3)19(24)22-10-12-26-18-9-5-7-15(2)13-18/h5,7,9,13,16-17H,4,6,8,10-12,14H2,1-3H3,(H,21,25)(H,22,24). The summed E-state index contributed by atoms with van der Waals surface area (Å²) in [5.74, 6) is 0.863. The summed E-state index contributed by atoms with van der Waals surface area (Å²) in [4.78, 5) is 26.5. The van der Waals surface area contributed by atoms with E-state index in [0.717, 1.165) is 30.7 Å². The number of benzene rings is 1. The Morgan fingerprint density at radius 1 is 1.35 bits per heavy atom. The Hall–Kier alpha value is -2.08. The van der Waals surface area contributed by atoms with Crippen LogP contribution in [0.1, 0.15) is 32.3 Å². The van der Waals surface area contributed by atoms with Gasteiger partial charge in [0.2, 0.25) is 11.8 Å². The molecule has 2 amide bonds. The van der Waals surface area contributed by atoms with Gasteiger partial charge in [0, 0.05) is 13.1 Å². The highest BCUT2D eigenvalue weighted by Crippen LogP contribution is 2.19. The van der Waals surface area contributed by atoms with E-state index < -0.39 is 0 Å². The maximum Gasteiger partial charge on any atom is 0.237 e. The van der Waals surface area contributed by atoms with Gasteiger partial charge in [-0.25, -0.2) is 0 Å². The van der Waals surface area contributed by atoms with Crippen LogP contribution in [-0.4, -0.2) is 55.5 Å². The molecule has 0 bridgehead atoms. The maximum atomic E-state index is 12.4. The van der Waals surface area contributed by atoms with Crippen LogP contribution in [0.2, 0.25) is 0 Å². The summed E-state index contributed by atoms with van der Waals surface area (Å²) in [6.45, 7) is 8.87. The molecule has 144 valence electrons. The predicted molar refractivity (Wildman–Crippen MR) is 102 cm³/mol. The first-order valence-electron chi connectivity index (χ1n) is 9.50. The molecule has 1 aromatic rings. The number of hydrogen-bond donors (Lipinski definition) is 2. The number of aryl methyl sites for hydroxylation is 1. The van der Waals surface area contributed by atoms with Crippen molar-refractivity contribution in [2.24, 2.45) is 5.92 Å². The number of amides is 2. The summed E-state index contributed by atoms with van der Waals surface area (Å²) in [5, 5.41) is 5.81. The molecule has 6 nitrogen and oxygen atoms in total. The zero-order valence-corrected chi connectivity index (χ0v) is 16.1. The monoisotopic (exact) mass is 361 g/mol. The van der Waals surface area contributed by atoms with Gasteiger partial charge in [-0.2, -0.15) is 0 Å². The Morgan fingerprint density at radius 2 is 2.15 bits per heavy atom. The Labute approximate surface area is 156 Å². The minimum absolute atomic E-state index is 0.0191. The zero-order chi connectivity index (χ0) is 18.9. The molecule has 0 aromatic heterocycles. The van der Waals surface area contributed by atoms with Crippen molar-refractivity contribution < 1.29 is 14.3 Å². The molecule has 1 aromatic carbocycles. The first-order valence-corrected chi connectivity index (χ1v) is 9.50. The summed E-state index contributed by atoms with van der Waals surface area (Å²) in [7, 11) is 0. The summed E-state index contributed by atoms with van der Waals surface area (Å²) in [5.41, 5.74) is 1.15. The Kier molecular flexibility index (Phi) is 7.91. The molecule has 2 atom stereocenters. The molecule has 1 saturated heterocycles. The lowest BCUT2D eigenvalue weighted by atomic mass is 9.96. The summed E-state index contributed by atoms with van der Waals surface area (Å²) < 4.78 is 5.66. The van der Waals surface area contributed by atoms with Gasteiger partial charge in [-0.05, 0) is 57.9 Å². The van der Waals surface area contributed by atoms with Crippen LogP contribution in [-0.2, 0) is 9.59 Å². The number of nitrogens with zero attached hydrogens (tertiary/aromatic N) is 1. The van der Waals surface area contributed by atoms with Crippen LogP contribution in [0.4, 0.5) is 0 Å². The smallest absolute Gasteiger partial charge is 0.237 e. The number of piperidine rings is 1. The van der Waals surface area contributed by atoms with Crippen LogP contribution in [0.3, 0.4) is 0 Å². The van der Waals surface area contributed by atoms with Crippen molar-refractivity contribution in [2.75, 3.05) is 32.8 Å². The van der Waals surface area contributed by atoms with Gasteiger partial charge in [-0.15, -0.1) is 0 Å². The van der Waals surface area contributed by atoms with Gasteiger partial charge >= 0.3 is 0 Å². The van der Waals surface area contributed by atoms with Crippen molar-refractivity contribution in [1.82, 2.24) is 15.5 Å². The van der Waals surface area contributed by atoms with Gasteiger partial charge in [-0.1, -0.05) is 12.1 Å². The van der Waals surface area contributed by atoms with Crippen molar-refractivity contribution in [2.45, 2.75) is 39.7 Å². The van der Waals surface area contributed by atoms with E-state index in [2.05, 4.69) is 15.5 Å². The van der Waals surface area contributed by atoms with Crippen molar-refractivity contribution >= 4 is 11.8 Å². The van der Waals surface area contributed by atoms with E-state index in [9.17, 15) is 9.59 Å². The highest BCUT2D eigenvalue weighted by molar-refractivity contribution is 5.82. The third-order valence-electron chi connectivity index (χ3n) is 4.76. The topological polar surface area (TPSA) is 70.7 Å².